The molecule has 2 N–H and O–H groups in total. The van der Waals surface area contributed by atoms with Crippen molar-refractivity contribution in [3.63, 3.8) is 0 Å². The zero-order valence-electron chi connectivity index (χ0n) is 18.1. The molecule has 3 aliphatic rings. The molecular formula is C23H34N4O2. The number of carbonyl (C=O) groups is 1. The van der Waals surface area contributed by atoms with Crippen LogP contribution < -0.4 is 15.5 Å². The maximum Gasteiger partial charge on any atom is 0.261 e. The Kier molecular flexibility index (Phi) is 5.83. The minimum Gasteiger partial charge on any atom is -0.385 e. The van der Waals surface area contributed by atoms with Crippen LogP contribution in [0.15, 0.2) is 23.9 Å². The lowest BCUT2D eigenvalue weighted by Gasteiger charge is -2.38. The standard InChI is InChI=1S/C23H34N4O2/c1-15(2)25-17-5-6-21-19(13-17)22(23(28)27(21)16(3)4)20-14-26(10-9-24-20)18-7-11-29-12-8-18/h5-6,13,15-16,18,24-25H,7-12,14H2,1-4H3/b22-20-. The summed E-state index contributed by atoms with van der Waals surface area (Å²) in [5.41, 5.74) is 5.04. The quantitative estimate of drug-likeness (QED) is 0.764. The lowest BCUT2D eigenvalue weighted by atomic mass is 10.0. The SMILES string of the molecule is CC(C)Nc1ccc2c(c1)/C(=C1\CN(C3CCOCC3)CCN1)C(=O)N2C(C)C. The second kappa shape index (κ2) is 8.36. The summed E-state index contributed by atoms with van der Waals surface area (Å²) >= 11 is 0. The topological polar surface area (TPSA) is 56.8 Å². The van der Waals surface area contributed by atoms with Crippen LogP contribution in [0.1, 0.15) is 46.1 Å². The second-order valence-corrected chi connectivity index (χ2v) is 8.89. The van der Waals surface area contributed by atoms with Crippen molar-refractivity contribution < 1.29 is 9.53 Å². The number of hydrogen-bond donors (Lipinski definition) is 2. The van der Waals surface area contributed by atoms with Gasteiger partial charge in [-0.1, -0.05) is 0 Å². The number of ether oxygens (including phenoxy) is 1. The van der Waals surface area contributed by atoms with Crippen LogP contribution in [-0.2, 0) is 9.53 Å². The fourth-order valence-corrected chi connectivity index (χ4v) is 4.74. The van der Waals surface area contributed by atoms with E-state index < -0.39 is 0 Å². The van der Waals surface area contributed by atoms with Gasteiger partial charge in [-0.2, -0.15) is 0 Å². The first-order chi connectivity index (χ1) is 14.0. The van der Waals surface area contributed by atoms with Crippen LogP contribution >= 0.6 is 0 Å². The Morgan fingerprint density at radius 3 is 2.62 bits per heavy atom. The molecule has 6 heteroatoms. The summed E-state index contributed by atoms with van der Waals surface area (Å²) in [4.78, 5) is 18.0. The molecule has 3 aliphatic heterocycles. The molecule has 2 saturated heterocycles. The van der Waals surface area contributed by atoms with Crippen LogP contribution in [0.5, 0.6) is 0 Å². The lowest BCUT2D eigenvalue weighted by Crippen LogP contribution is -2.49. The minimum absolute atomic E-state index is 0.119. The van der Waals surface area contributed by atoms with Crippen molar-refractivity contribution in [3.8, 4) is 0 Å². The fourth-order valence-electron chi connectivity index (χ4n) is 4.74. The van der Waals surface area contributed by atoms with E-state index >= 15 is 0 Å². The average Bonchev–Trinajstić information content (AvgIpc) is 2.99. The number of carbonyl (C=O) groups excluding carboxylic acids is 1. The number of nitrogens with one attached hydrogen (secondary N) is 2. The van der Waals surface area contributed by atoms with Crippen molar-refractivity contribution in [2.45, 2.75) is 58.7 Å². The van der Waals surface area contributed by atoms with E-state index in [-0.39, 0.29) is 11.9 Å². The summed E-state index contributed by atoms with van der Waals surface area (Å²) < 4.78 is 5.54. The van der Waals surface area contributed by atoms with E-state index in [4.69, 9.17) is 4.74 Å². The molecule has 1 aromatic carbocycles. The zero-order chi connectivity index (χ0) is 20.5. The smallest absolute Gasteiger partial charge is 0.261 e. The third kappa shape index (κ3) is 4.01. The van der Waals surface area contributed by atoms with Crippen LogP contribution in [-0.4, -0.2) is 61.8 Å². The Labute approximate surface area is 174 Å². The Balaban J connectivity index is 1.71. The molecule has 0 aromatic heterocycles. The van der Waals surface area contributed by atoms with E-state index in [1.54, 1.807) is 0 Å². The van der Waals surface area contributed by atoms with Gasteiger partial charge in [0.25, 0.3) is 5.91 Å². The molecular weight excluding hydrogens is 364 g/mol. The first kappa shape index (κ1) is 20.2. The molecule has 4 rings (SSSR count). The summed E-state index contributed by atoms with van der Waals surface area (Å²) in [6.07, 6.45) is 2.15. The summed E-state index contributed by atoms with van der Waals surface area (Å²) in [6, 6.07) is 7.33. The Morgan fingerprint density at radius 2 is 1.93 bits per heavy atom. The number of amides is 1. The molecule has 0 saturated carbocycles. The van der Waals surface area contributed by atoms with Gasteiger partial charge in [0.1, 0.15) is 0 Å². The van der Waals surface area contributed by atoms with Gasteiger partial charge in [0.15, 0.2) is 0 Å². The van der Waals surface area contributed by atoms with E-state index in [0.29, 0.717) is 12.1 Å². The van der Waals surface area contributed by atoms with Crippen LogP contribution in [0.4, 0.5) is 11.4 Å². The van der Waals surface area contributed by atoms with Crippen LogP contribution in [0.2, 0.25) is 0 Å². The number of anilines is 2. The highest BCUT2D eigenvalue weighted by molar-refractivity contribution is 6.33. The number of nitrogens with zero attached hydrogens (tertiary/aromatic N) is 2. The molecule has 158 valence electrons. The van der Waals surface area contributed by atoms with Crippen molar-refractivity contribution in [1.29, 1.82) is 0 Å². The van der Waals surface area contributed by atoms with Gasteiger partial charge in [-0.15, -0.1) is 0 Å². The van der Waals surface area contributed by atoms with E-state index in [0.717, 1.165) is 73.9 Å². The predicted octanol–water partition coefficient (Wildman–Crippen LogP) is 3.06. The van der Waals surface area contributed by atoms with Gasteiger partial charge in [0.2, 0.25) is 0 Å². The lowest BCUT2D eigenvalue weighted by molar-refractivity contribution is -0.113. The molecule has 0 radical (unpaired) electrons. The first-order valence-corrected chi connectivity index (χ1v) is 11.0. The van der Waals surface area contributed by atoms with Gasteiger partial charge in [0, 0.05) is 67.9 Å². The molecule has 0 spiro atoms. The number of hydrogen-bond acceptors (Lipinski definition) is 5. The maximum atomic E-state index is 13.5. The molecule has 1 aromatic rings. The molecule has 0 bridgehead atoms. The minimum atomic E-state index is 0.119. The normalized spacial score (nSPS) is 23.7. The third-order valence-corrected chi connectivity index (χ3v) is 6.04. The number of fused-ring (bicyclic) bond motifs is 1. The summed E-state index contributed by atoms with van der Waals surface area (Å²) in [6.45, 7) is 12.8. The fraction of sp³-hybridized carbons (Fsp3) is 0.609. The third-order valence-electron chi connectivity index (χ3n) is 6.04. The average molecular weight is 399 g/mol. The van der Waals surface area contributed by atoms with Crippen molar-refractivity contribution in [2.24, 2.45) is 0 Å². The Hall–Kier alpha value is -2.05. The van der Waals surface area contributed by atoms with Crippen molar-refractivity contribution in [2.75, 3.05) is 43.1 Å². The molecule has 0 aliphatic carbocycles. The van der Waals surface area contributed by atoms with Gasteiger partial charge >= 0.3 is 0 Å². The van der Waals surface area contributed by atoms with E-state index in [1.165, 1.54) is 0 Å². The Bertz CT molecular complexity index is 796. The van der Waals surface area contributed by atoms with E-state index in [1.807, 2.05) is 4.90 Å². The largest absolute Gasteiger partial charge is 0.385 e. The van der Waals surface area contributed by atoms with Gasteiger partial charge in [-0.3, -0.25) is 9.69 Å². The monoisotopic (exact) mass is 398 g/mol. The van der Waals surface area contributed by atoms with Crippen LogP contribution in [0.25, 0.3) is 5.57 Å². The van der Waals surface area contributed by atoms with Crippen LogP contribution in [0, 0.1) is 0 Å². The number of piperazine rings is 1. The van der Waals surface area contributed by atoms with E-state index in [2.05, 4.69) is 61.4 Å². The highest BCUT2D eigenvalue weighted by atomic mass is 16.5. The number of benzene rings is 1. The van der Waals surface area contributed by atoms with Gasteiger partial charge in [-0.25, -0.2) is 0 Å². The molecule has 0 atom stereocenters. The van der Waals surface area contributed by atoms with Gasteiger partial charge < -0.3 is 20.3 Å². The first-order valence-electron chi connectivity index (χ1n) is 11.0. The molecule has 2 fully saturated rings. The molecule has 1 amide bonds. The molecule has 3 heterocycles. The highest BCUT2D eigenvalue weighted by Crippen LogP contribution is 2.41. The zero-order valence-corrected chi connectivity index (χ0v) is 18.1. The number of rotatable bonds is 4. The predicted molar refractivity (Wildman–Crippen MR) is 118 cm³/mol. The van der Waals surface area contributed by atoms with Crippen molar-refractivity contribution >= 4 is 22.9 Å². The summed E-state index contributed by atoms with van der Waals surface area (Å²) in [7, 11) is 0. The highest BCUT2D eigenvalue weighted by Gasteiger charge is 2.38. The second-order valence-electron chi connectivity index (χ2n) is 8.89. The van der Waals surface area contributed by atoms with Crippen molar-refractivity contribution in [3.05, 3.63) is 29.5 Å². The van der Waals surface area contributed by atoms with Gasteiger partial charge in [-0.05, 0) is 58.7 Å². The van der Waals surface area contributed by atoms with Crippen molar-refractivity contribution in [1.82, 2.24) is 10.2 Å². The Morgan fingerprint density at radius 1 is 1.17 bits per heavy atom. The summed E-state index contributed by atoms with van der Waals surface area (Å²) in [5.74, 6) is 0.119. The summed E-state index contributed by atoms with van der Waals surface area (Å²) in [5, 5.41) is 7.04. The molecule has 29 heavy (non-hydrogen) atoms. The maximum absolute atomic E-state index is 13.5. The van der Waals surface area contributed by atoms with Gasteiger partial charge in [0.05, 0.1) is 11.3 Å². The van der Waals surface area contributed by atoms with E-state index in [9.17, 15) is 4.79 Å². The molecule has 6 nitrogen and oxygen atoms in total. The molecule has 0 unspecified atom stereocenters. The van der Waals surface area contributed by atoms with Crippen LogP contribution in [0.3, 0.4) is 0 Å².